The molecule has 2 heterocycles. The van der Waals surface area contributed by atoms with E-state index in [-0.39, 0.29) is 18.2 Å². The molecule has 3 N–H and O–H groups in total. The van der Waals surface area contributed by atoms with Gasteiger partial charge in [0, 0.05) is 25.3 Å². The van der Waals surface area contributed by atoms with Gasteiger partial charge in [-0.2, -0.15) is 0 Å². The third kappa shape index (κ3) is 3.08. The zero-order chi connectivity index (χ0) is 14.8. The molecule has 0 aromatic carbocycles. The van der Waals surface area contributed by atoms with Gasteiger partial charge in [-0.15, -0.1) is 0 Å². The Morgan fingerprint density at radius 3 is 2.90 bits per heavy atom. The van der Waals surface area contributed by atoms with Crippen molar-refractivity contribution in [2.24, 2.45) is 0 Å². The summed E-state index contributed by atoms with van der Waals surface area (Å²) in [4.78, 5) is 15.4. The SMILES string of the molecule is CCc1cc(C(=O)O)cc(NCC2(O)CCOC2C)n1. The molecule has 110 valence electrons. The van der Waals surface area contributed by atoms with E-state index < -0.39 is 11.6 Å². The zero-order valence-electron chi connectivity index (χ0n) is 11.7. The first-order chi connectivity index (χ1) is 9.44. The summed E-state index contributed by atoms with van der Waals surface area (Å²) in [6.45, 7) is 4.56. The van der Waals surface area contributed by atoms with Gasteiger partial charge in [0.25, 0.3) is 0 Å². The van der Waals surface area contributed by atoms with Crippen molar-refractivity contribution < 1.29 is 19.7 Å². The fourth-order valence-corrected chi connectivity index (χ4v) is 2.23. The number of aromatic nitrogens is 1. The Morgan fingerprint density at radius 1 is 1.60 bits per heavy atom. The fourth-order valence-electron chi connectivity index (χ4n) is 2.23. The Bertz CT molecular complexity index is 506. The predicted octanol–water partition coefficient (Wildman–Crippen LogP) is 1.29. The second kappa shape index (κ2) is 5.76. The summed E-state index contributed by atoms with van der Waals surface area (Å²) < 4.78 is 5.36. The van der Waals surface area contributed by atoms with Crippen LogP contribution in [0, 0.1) is 0 Å². The van der Waals surface area contributed by atoms with Crippen LogP contribution in [0.3, 0.4) is 0 Å². The number of carboxylic acid groups (broad SMARTS) is 1. The number of ether oxygens (including phenoxy) is 1. The smallest absolute Gasteiger partial charge is 0.335 e. The molecule has 1 aliphatic rings. The number of anilines is 1. The van der Waals surface area contributed by atoms with Crippen LogP contribution in [0.5, 0.6) is 0 Å². The molecule has 1 fully saturated rings. The van der Waals surface area contributed by atoms with Gasteiger partial charge in [0.1, 0.15) is 11.4 Å². The highest BCUT2D eigenvalue weighted by atomic mass is 16.5. The molecule has 6 heteroatoms. The van der Waals surface area contributed by atoms with E-state index in [1.165, 1.54) is 6.07 Å². The lowest BCUT2D eigenvalue weighted by Crippen LogP contribution is -2.43. The number of aliphatic hydroxyl groups is 1. The van der Waals surface area contributed by atoms with E-state index in [4.69, 9.17) is 9.84 Å². The van der Waals surface area contributed by atoms with E-state index >= 15 is 0 Å². The van der Waals surface area contributed by atoms with Gasteiger partial charge in [0.2, 0.25) is 0 Å². The van der Waals surface area contributed by atoms with E-state index in [0.29, 0.717) is 31.0 Å². The first-order valence-electron chi connectivity index (χ1n) is 6.76. The lowest BCUT2D eigenvalue weighted by Gasteiger charge is -2.26. The van der Waals surface area contributed by atoms with Crippen molar-refractivity contribution in [2.45, 2.75) is 38.4 Å². The Hall–Kier alpha value is -1.66. The van der Waals surface area contributed by atoms with E-state index in [1.807, 2.05) is 13.8 Å². The first-order valence-corrected chi connectivity index (χ1v) is 6.76. The van der Waals surface area contributed by atoms with Gasteiger partial charge in [-0.25, -0.2) is 9.78 Å². The highest BCUT2D eigenvalue weighted by Crippen LogP contribution is 2.26. The van der Waals surface area contributed by atoms with Crippen LogP contribution in [0.25, 0.3) is 0 Å². The van der Waals surface area contributed by atoms with Crippen LogP contribution in [0.15, 0.2) is 12.1 Å². The summed E-state index contributed by atoms with van der Waals surface area (Å²) in [7, 11) is 0. The van der Waals surface area contributed by atoms with Gasteiger partial charge in [-0.05, 0) is 25.5 Å². The van der Waals surface area contributed by atoms with E-state index in [9.17, 15) is 9.90 Å². The van der Waals surface area contributed by atoms with Crippen LogP contribution in [0.1, 0.15) is 36.3 Å². The molecule has 2 atom stereocenters. The van der Waals surface area contributed by atoms with E-state index in [0.717, 1.165) is 0 Å². The minimum atomic E-state index is -0.985. The maximum Gasteiger partial charge on any atom is 0.335 e. The Balaban J connectivity index is 2.13. The number of hydrogen-bond acceptors (Lipinski definition) is 5. The lowest BCUT2D eigenvalue weighted by atomic mass is 9.97. The van der Waals surface area contributed by atoms with Gasteiger partial charge >= 0.3 is 5.97 Å². The number of nitrogens with zero attached hydrogens (tertiary/aromatic N) is 1. The Labute approximate surface area is 117 Å². The summed E-state index contributed by atoms with van der Waals surface area (Å²) in [6, 6.07) is 3.04. The average molecular weight is 280 g/mol. The fraction of sp³-hybridized carbons (Fsp3) is 0.571. The van der Waals surface area contributed by atoms with Crippen molar-refractivity contribution in [1.82, 2.24) is 4.98 Å². The molecule has 0 amide bonds. The molecule has 1 aromatic heterocycles. The van der Waals surface area contributed by atoms with E-state index in [1.54, 1.807) is 6.07 Å². The summed E-state index contributed by atoms with van der Waals surface area (Å²) in [5.74, 6) is -0.518. The third-order valence-electron chi connectivity index (χ3n) is 3.72. The summed E-state index contributed by atoms with van der Waals surface area (Å²) in [5, 5.41) is 22.5. The molecular formula is C14H20N2O4. The maximum absolute atomic E-state index is 11.1. The molecule has 0 saturated carbocycles. The molecule has 0 radical (unpaired) electrons. The largest absolute Gasteiger partial charge is 0.478 e. The van der Waals surface area contributed by atoms with Crippen molar-refractivity contribution in [3.63, 3.8) is 0 Å². The molecule has 6 nitrogen and oxygen atoms in total. The minimum Gasteiger partial charge on any atom is -0.478 e. The number of nitrogens with one attached hydrogen (secondary N) is 1. The molecule has 1 saturated heterocycles. The van der Waals surface area contributed by atoms with Crippen LogP contribution in [-0.2, 0) is 11.2 Å². The number of hydrogen-bond donors (Lipinski definition) is 3. The number of carbonyl (C=O) groups is 1. The predicted molar refractivity (Wildman–Crippen MR) is 74.0 cm³/mol. The van der Waals surface area contributed by atoms with Crippen LogP contribution in [-0.4, -0.2) is 46.0 Å². The van der Waals surface area contributed by atoms with Gasteiger partial charge in [-0.3, -0.25) is 0 Å². The van der Waals surface area contributed by atoms with E-state index in [2.05, 4.69) is 10.3 Å². The maximum atomic E-state index is 11.1. The van der Waals surface area contributed by atoms with Gasteiger partial charge < -0.3 is 20.3 Å². The Kier molecular flexibility index (Phi) is 4.25. The molecule has 0 spiro atoms. The van der Waals surface area contributed by atoms with Crippen LogP contribution in [0.2, 0.25) is 0 Å². The van der Waals surface area contributed by atoms with Gasteiger partial charge in [0.05, 0.1) is 11.7 Å². The zero-order valence-corrected chi connectivity index (χ0v) is 11.7. The Morgan fingerprint density at radius 2 is 2.35 bits per heavy atom. The summed E-state index contributed by atoms with van der Waals surface area (Å²) >= 11 is 0. The van der Waals surface area contributed by atoms with Crippen molar-refractivity contribution in [1.29, 1.82) is 0 Å². The van der Waals surface area contributed by atoms with Gasteiger partial charge in [0.15, 0.2) is 0 Å². The monoisotopic (exact) mass is 280 g/mol. The molecular weight excluding hydrogens is 260 g/mol. The number of pyridine rings is 1. The van der Waals surface area contributed by atoms with Crippen LogP contribution >= 0.6 is 0 Å². The first kappa shape index (κ1) is 14.7. The number of aromatic carboxylic acids is 1. The normalized spacial score (nSPS) is 25.6. The topological polar surface area (TPSA) is 91.7 Å². The number of carboxylic acids is 1. The van der Waals surface area contributed by atoms with Crippen molar-refractivity contribution >= 4 is 11.8 Å². The summed E-state index contributed by atoms with van der Waals surface area (Å²) in [5.41, 5.74) is -0.0371. The summed E-state index contributed by atoms with van der Waals surface area (Å²) in [6.07, 6.45) is 0.961. The lowest BCUT2D eigenvalue weighted by molar-refractivity contribution is -0.0176. The average Bonchev–Trinajstić information content (AvgIpc) is 2.76. The van der Waals surface area contributed by atoms with Crippen molar-refractivity contribution in [3.05, 3.63) is 23.4 Å². The third-order valence-corrected chi connectivity index (χ3v) is 3.72. The number of aryl methyl sites for hydroxylation is 1. The van der Waals surface area contributed by atoms with Crippen LogP contribution < -0.4 is 5.32 Å². The second-order valence-electron chi connectivity index (χ2n) is 5.11. The standard InChI is InChI=1S/C14H20N2O4/c1-3-11-6-10(13(17)18)7-12(16-11)15-8-14(19)4-5-20-9(14)2/h6-7,9,19H,3-5,8H2,1-2H3,(H,15,16)(H,17,18). The highest BCUT2D eigenvalue weighted by Gasteiger charge is 2.39. The molecule has 0 bridgehead atoms. The molecule has 2 rings (SSSR count). The minimum absolute atomic E-state index is 0.196. The number of rotatable bonds is 5. The molecule has 1 aliphatic heterocycles. The quantitative estimate of drug-likeness (QED) is 0.753. The van der Waals surface area contributed by atoms with Crippen molar-refractivity contribution in [2.75, 3.05) is 18.5 Å². The molecule has 1 aromatic rings. The van der Waals surface area contributed by atoms with Crippen molar-refractivity contribution in [3.8, 4) is 0 Å². The molecule has 20 heavy (non-hydrogen) atoms. The molecule has 2 unspecified atom stereocenters. The van der Waals surface area contributed by atoms with Gasteiger partial charge in [-0.1, -0.05) is 6.92 Å². The second-order valence-corrected chi connectivity index (χ2v) is 5.11. The molecule has 0 aliphatic carbocycles. The highest BCUT2D eigenvalue weighted by molar-refractivity contribution is 5.88. The van der Waals surface area contributed by atoms with Crippen LogP contribution in [0.4, 0.5) is 5.82 Å².